The van der Waals surface area contributed by atoms with Gasteiger partial charge in [-0.1, -0.05) is 0 Å². The molecule has 0 aliphatic carbocycles. The second-order valence-electron chi connectivity index (χ2n) is 2.65. The second kappa shape index (κ2) is 3.50. The van der Waals surface area contributed by atoms with Crippen molar-refractivity contribution in [2.45, 2.75) is 39.2 Å². The van der Waals surface area contributed by atoms with Crippen molar-refractivity contribution in [2.75, 3.05) is 0 Å². The molecule has 0 fully saturated rings. The number of rotatable bonds is 3. The third-order valence-corrected chi connectivity index (χ3v) is 2.32. The van der Waals surface area contributed by atoms with Crippen LogP contribution in [0.25, 0.3) is 0 Å². The fourth-order valence-electron chi connectivity index (χ4n) is 0.657. The van der Waals surface area contributed by atoms with Gasteiger partial charge in [0.2, 0.25) is 0 Å². The normalized spacial score (nSPS) is 11.4. The summed E-state index contributed by atoms with van der Waals surface area (Å²) in [6.07, 6.45) is 2.43. The summed E-state index contributed by atoms with van der Waals surface area (Å²) in [5.41, 5.74) is 0.221. The average Bonchev–Trinajstić information content (AvgIpc) is 1.67. The topological polar surface area (TPSA) is 12.4 Å². The summed E-state index contributed by atoms with van der Waals surface area (Å²) in [6, 6.07) is 0. The van der Waals surface area contributed by atoms with E-state index in [-0.39, 0.29) is 5.54 Å². The van der Waals surface area contributed by atoms with E-state index >= 15 is 0 Å². The van der Waals surface area contributed by atoms with Crippen molar-refractivity contribution in [3.8, 4) is 0 Å². The van der Waals surface area contributed by atoms with Crippen LogP contribution < -0.4 is 0 Å². The zero-order chi connectivity index (χ0) is 6.62. The molecule has 0 heterocycles. The van der Waals surface area contributed by atoms with Gasteiger partial charge in [0.1, 0.15) is 0 Å². The van der Waals surface area contributed by atoms with Gasteiger partial charge >= 0.3 is 62.3 Å². The fraction of sp³-hybridized carbons (Fsp3) is 1.00. The molecule has 0 spiro atoms. The van der Waals surface area contributed by atoms with Crippen LogP contribution in [0.1, 0.15) is 33.6 Å². The van der Waals surface area contributed by atoms with Crippen LogP contribution in [0.3, 0.4) is 0 Å². The molecule has 0 aromatic carbocycles. The monoisotopic (exact) mass is 197 g/mol. The van der Waals surface area contributed by atoms with Crippen molar-refractivity contribution >= 4 is 0 Å². The molecule has 0 atom stereocenters. The third-order valence-electron chi connectivity index (χ3n) is 1.11. The Labute approximate surface area is 62.6 Å². The van der Waals surface area contributed by atoms with Crippen LogP contribution >= 0.6 is 0 Å². The Hall–Kier alpha value is 0.488. The summed E-state index contributed by atoms with van der Waals surface area (Å²) >= 11 is 1.82. The molecule has 0 amide bonds. The zero-order valence-electron chi connectivity index (χ0n) is 5.77. The first-order valence-electron chi connectivity index (χ1n) is 2.97. The van der Waals surface area contributed by atoms with Gasteiger partial charge in [-0.25, -0.2) is 0 Å². The van der Waals surface area contributed by atoms with Crippen molar-refractivity contribution in [3.63, 3.8) is 0 Å². The standard InChI is InChI=1S/C6H13N.Mo/c1-4-5-6(2,3)7;/h4-5H2,1-3H3;. The molecule has 0 aliphatic heterocycles. The summed E-state index contributed by atoms with van der Waals surface area (Å²) in [6.45, 7) is 6.52. The van der Waals surface area contributed by atoms with E-state index < -0.39 is 0 Å². The second-order valence-corrected chi connectivity index (χ2v) is 3.10. The molecular weight excluding hydrogens is 182 g/mol. The van der Waals surface area contributed by atoms with Gasteiger partial charge in [0, 0.05) is 0 Å². The third kappa shape index (κ3) is 3.49. The fourth-order valence-corrected chi connectivity index (χ4v) is 0.882. The number of nitrogens with zero attached hydrogens (tertiary/aromatic N) is 1. The predicted molar refractivity (Wildman–Crippen MR) is 31.4 cm³/mol. The Kier molecular flexibility index (Phi) is 3.72. The Morgan fingerprint density at radius 1 is 1.50 bits per heavy atom. The van der Waals surface area contributed by atoms with Crippen molar-refractivity contribution in [1.29, 1.82) is 0 Å². The molecule has 8 heavy (non-hydrogen) atoms. The van der Waals surface area contributed by atoms with E-state index in [1.807, 2.05) is 19.6 Å². The number of hydrogen-bond donors (Lipinski definition) is 0. The van der Waals surface area contributed by atoms with E-state index in [4.69, 9.17) is 0 Å². The molecular formula is C6H13MoN. The van der Waals surface area contributed by atoms with E-state index in [9.17, 15) is 0 Å². The average molecular weight is 195 g/mol. The molecule has 0 aliphatic rings. The van der Waals surface area contributed by atoms with Crippen LogP contribution in [-0.4, -0.2) is 5.54 Å². The van der Waals surface area contributed by atoms with Crippen LogP contribution in [0.2, 0.25) is 0 Å². The van der Waals surface area contributed by atoms with Crippen molar-refractivity contribution in [2.24, 2.45) is 3.50 Å². The van der Waals surface area contributed by atoms with Gasteiger partial charge < -0.3 is 0 Å². The van der Waals surface area contributed by atoms with E-state index in [0.717, 1.165) is 0 Å². The molecule has 0 saturated carbocycles. The van der Waals surface area contributed by atoms with Crippen LogP contribution in [0.5, 0.6) is 0 Å². The molecule has 0 rings (SSSR count). The molecule has 2 heteroatoms. The van der Waals surface area contributed by atoms with E-state index in [2.05, 4.69) is 24.3 Å². The van der Waals surface area contributed by atoms with Crippen LogP contribution in [0.15, 0.2) is 3.50 Å². The van der Waals surface area contributed by atoms with Gasteiger partial charge in [0.15, 0.2) is 0 Å². The first-order chi connectivity index (χ1) is 3.62. The molecule has 0 bridgehead atoms. The molecule has 0 radical (unpaired) electrons. The Balaban J connectivity index is 3.53. The summed E-state index contributed by atoms with van der Waals surface area (Å²) in [5.74, 6) is 0. The SMILES string of the molecule is CCCC(C)(C)[N]=[Mo]. The van der Waals surface area contributed by atoms with Gasteiger partial charge in [-0.2, -0.15) is 0 Å². The van der Waals surface area contributed by atoms with Gasteiger partial charge in [-0.15, -0.1) is 0 Å². The van der Waals surface area contributed by atoms with Crippen molar-refractivity contribution in [1.82, 2.24) is 0 Å². The summed E-state index contributed by atoms with van der Waals surface area (Å²) in [4.78, 5) is 0. The van der Waals surface area contributed by atoms with Gasteiger partial charge in [-0.3, -0.25) is 0 Å². The zero-order valence-corrected chi connectivity index (χ0v) is 7.78. The Morgan fingerprint density at radius 3 is 2.12 bits per heavy atom. The molecule has 1 nitrogen and oxygen atoms in total. The van der Waals surface area contributed by atoms with Crippen LogP contribution in [0, 0.1) is 0 Å². The molecule has 0 aromatic rings. The van der Waals surface area contributed by atoms with Gasteiger partial charge in [0.25, 0.3) is 0 Å². The summed E-state index contributed by atoms with van der Waals surface area (Å²) < 4.78 is 4.22. The van der Waals surface area contributed by atoms with Crippen LogP contribution in [-0.2, 0) is 19.6 Å². The quantitative estimate of drug-likeness (QED) is 0.612. The minimum absolute atomic E-state index is 0.221. The van der Waals surface area contributed by atoms with Gasteiger partial charge in [-0.05, 0) is 0 Å². The van der Waals surface area contributed by atoms with E-state index in [1.165, 1.54) is 12.8 Å². The molecule has 0 N–H and O–H groups in total. The summed E-state index contributed by atoms with van der Waals surface area (Å²) in [7, 11) is 0. The molecule has 0 saturated heterocycles. The van der Waals surface area contributed by atoms with E-state index in [0.29, 0.717) is 0 Å². The van der Waals surface area contributed by atoms with E-state index in [1.54, 1.807) is 0 Å². The Morgan fingerprint density at radius 2 is 2.00 bits per heavy atom. The molecule has 0 unspecified atom stereocenters. The first kappa shape index (κ1) is 8.49. The first-order valence-corrected chi connectivity index (χ1v) is 3.86. The molecule has 0 aromatic heterocycles. The minimum atomic E-state index is 0.221. The van der Waals surface area contributed by atoms with Crippen molar-refractivity contribution in [3.05, 3.63) is 0 Å². The van der Waals surface area contributed by atoms with Gasteiger partial charge in [0.05, 0.1) is 0 Å². The predicted octanol–water partition coefficient (Wildman–Crippen LogP) is 2.30. The summed E-state index contributed by atoms with van der Waals surface area (Å²) in [5, 5.41) is 0. The number of hydrogen-bond acceptors (Lipinski definition) is 1. The van der Waals surface area contributed by atoms with Crippen molar-refractivity contribution < 1.29 is 19.6 Å². The molecule has 48 valence electrons. The Bertz CT molecular complexity index is 78.6. The van der Waals surface area contributed by atoms with Crippen LogP contribution in [0.4, 0.5) is 0 Å². The maximum absolute atomic E-state index is 4.22. The maximum atomic E-state index is 4.22.